The van der Waals surface area contributed by atoms with Gasteiger partial charge in [0.2, 0.25) is 5.91 Å². The van der Waals surface area contributed by atoms with Gasteiger partial charge < -0.3 is 5.32 Å². The number of aromatic nitrogens is 2. The lowest BCUT2D eigenvalue weighted by Crippen LogP contribution is -2.24. The Hall–Kier alpha value is -3.21. The number of hydrogen-bond acceptors (Lipinski definition) is 3. The molecule has 5 nitrogen and oxygen atoms in total. The zero-order valence-electron chi connectivity index (χ0n) is 17.1. The lowest BCUT2D eigenvalue weighted by atomic mass is 9.89. The highest BCUT2D eigenvalue weighted by Gasteiger charge is 2.14. The second kappa shape index (κ2) is 9.53. The van der Waals surface area contributed by atoms with Crippen molar-refractivity contribution < 1.29 is 9.59 Å². The van der Waals surface area contributed by atoms with Crippen LogP contribution in [0.3, 0.4) is 0 Å². The quantitative estimate of drug-likeness (QED) is 0.578. The highest BCUT2D eigenvalue weighted by Crippen LogP contribution is 2.23. The number of Topliss-reactive ketones (excluding diaryl/α,β-unsaturated/α-hetero) is 1. The number of carbonyl (C=O) groups is 2. The molecule has 2 aromatic carbocycles. The van der Waals surface area contributed by atoms with Gasteiger partial charge in [-0.15, -0.1) is 0 Å². The fraction of sp³-hybridized carbons (Fsp3) is 0.320. The Morgan fingerprint density at radius 1 is 0.933 bits per heavy atom. The van der Waals surface area contributed by atoms with Crippen LogP contribution in [-0.4, -0.2) is 21.5 Å². The van der Waals surface area contributed by atoms with Crippen molar-refractivity contribution in [1.82, 2.24) is 15.1 Å². The van der Waals surface area contributed by atoms with E-state index in [0.717, 1.165) is 29.5 Å². The molecule has 3 aromatic rings. The summed E-state index contributed by atoms with van der Waals surface area (Å²) in [6.45, 7) is 1.11. The Labute approximate surface area is 177 Å². The monoisotopic (exact) mass is 401 g/mol. The van der Waals surface area contributed by atoms with Crippen LogP contribution in [0.15, 0.2) is 60.9 Å². The van der Waals surface area contributed by atoms with Crippen LogP contribution in [-0.2, 0) is 30.7 Å². The number of nitrogens with zero attached hydrogens (tertiary/aromatic N) is 2. The van der Waals surface area contributed by atoms with Gasteiger partial charge >= 0.3 is 0 Å². The van der Waals surface area contributed by atoms with Crippen LogP contribution in [0.2, 0.25) is 0 Å². The number of nitrogens with one attached hydrogen (secondary N) is 1. The number of rotatable bonds is 8. The summed E-state index contributed by atoms with van der Waals surface area (Å²) in [6, 6.07) is 15.9. The molecule has 0 atom stereocenters. The van der Waals surface area contributed by atoms with E-state index in [-0.39, 0.29) is 24.5 Å². The predicted octanol–water partition coefficient (Wildman–Crippen LogP) is 4.09. The van der Waals surface area contributed by atoms with Gasteiger partial charge in [0.15, 0.2) is 5.78 Å². The van der Waals surface area contributed by atoms with Crippen molar-refractivity contribution in [2.75, 3.05) is 0 Å². The topological polar surface area (TPSA) is 64.0 Å². The second-order valence-electron chi connectivity index (χ2n) is 7.86. The highest BCUT2D eigenvalue weighted by atomic mass is 16.2. The molecule has 0 radical (unpaired) electrons. The molecule has 0 unspecified atom stereocenters. The molecule has 0 saturated heterocycles. The first-order valence-electron chi connectivity index (χ1n) is 10.6. The van der Waals surface area contributed by atoms with E-state index in [1.165, 1.54) is 24.0 Å². The summed E-state index contributed by atoms with van der Waals surface area (Å²) in [7, 11) is 0. The number of fused-ring (bicyclic) bond motifs is 1. The standard InChI is InChI=1S/C25H27N3O2/c29-24(21-11-10-19-6-1-2-7-20(19)16-21)12-13-25(30)26-17-22-8-3-4-9-23(22)18-28-15-5-14-27-28/h3-5,8-11,14-16H,1-2,6-7,12-13,17-18H2,(H,26,30). The van der Waals surface area contributed by atoms with Crippen LogP contribution in [0.1, 0.15) is 58.3 Å². The first kappa shape index (κ1) is 20.1. The molecule has 4 rings (SSSR count). The van der Waals surface area contributed by atoms with Gasteiger partial charge in [0.25, 0.3) is 0 Å². The SMILES string of the molecule is O=C(CCC(=O)c1ccc2c(c1)CCCC2)NCc1ccccc1Cn1cccn1. The molecule has 1 N–H and O–H groups in total. The van der Waals surface area contributed by atoms with E-state index < -0.39 is 0 Å². The first-order chi connectivity index (χ1) is 14.7. The number of amides is 1. The maximum absolute atomic E-state index is 12.6. The predicted molar refractivity (Wildman–Crippen MR) is 116 cm³/mol. The normalized spacial score (nSPS) is 12.9. The maximum Gasteiger partial charge on any atom is 0.220 e. The zero-order valence-corrected chi connectivity index (χ0v) is 17.1. The van der Waals surface area contributed by atoms with Gasteiger partial charge in [-0.25, -0.2) is 0 Å². The molecule has 0 spiro atoms. The molecule has 0 fully saturated rings. The van der Waals surface area contributed by atoms with Crippen LogP contribution in [0, 0.1) is 0 Å². The number of ketones is 1. The van der Waals surface area contributed by atoms with E-state index in [4.69, 9.17) is 0 Å². The lowest BCUT2D eigenvalue weighted by molar-refractivity contribution is -0.121. The van der Waals surface area contributed by atoms with Crippen molar-refractivity contribution in [3.05, 3.63) is 88.7 Å². The average molecular weight is 402 g/mol. The van der Waals surface area contributed by atoms with Crippen LogP contribution < -0.4 is 5.32 Å². The Morgan fingerprint density at radius 2 is 1.73 bits per heavy atom. The molecule has 1 aromatic heterocycles. The molecular formula is C25H27N3O2. The van der Waals surface area contributed by atoms with Crippen molar-refractivity contribution in [1.29, 1.82) is 0 Å². The molecule has 1 aliphatic carbocycles. The van der Waals surface area contributed by atoms with Gasteiger partial charge in [-0.2, -0.15) is 5.10 Å². The van der Waals surface area contributed by atoms with Crippen molar-refractivity contribution in [2.45, 2.75) is 51.6 Å². The fourth-order valence-electron chi connectivity index (χ4n) is 4.01. The average Bonchev–Trinajstić information content (AvgIpc) is 3.29. The second-order valence-corrected chi connectivity index (χ2v) is 7.86. The van der Waals surface area contributed by atoms with Crippen molar-refractivity contribution in [3.63, 3.8) is 0 Å². The van der Waals surface area contributed by atoms with E-state index >= 15 is 0 Å². The number of benzene rings is 2. The third kappa shape index (κ3) is 5.03. The molecule has 1 amide bonds. The molecule has 154 valence electrons. The third-order valence-electron chi connectivity index (χ3n) is 5.74. The van der Waals surface area contributed by atoms with E-state index in [1.807, 2.05) is 53.3 Å². The van der Waals surface area contributed by atoms with Crippen molar-refractivity contribution in [3.8, 4) is 0 Å². The van der Waals surface area contributed by atoms with Crippen LogP contribution in [0.4, 0.5) is 0 Å². The third-order valence-corrected chi connectivity index (χ3v) is 5.74. The minimum atomic E-state index is -0.102. The van der Waals surface area contributed by atoms with E-state index in [9.17, 15) is 9.59 Å². The number of carbonyl (C=O) groups excluding carboxylic acids is 2. The summed E-state index contributed by atoms with van der Waals surface area (Å²) >= 11 is 0. The molecule has 1 aliphatic rings. The van der Waals surface area contributed by atoms with Crippen molar-refractivity contribution >= 4 is 11.7 Å². The summed E-state index contributed by atoms with van der Waals surface area (Å²) in [6.07, 6.45) is 8.69. The van der Waals surface area contributed by atoms with Crippen LogP contribution >= 0.6 is 0 Å². The van der Waals surface area contributed by atoms with Crippen LogP contribution in [0.5, 0.6) is 0 Å². The summed E-state index contributed by atoms with van der Waals surface area (Å²) < 4.78 is 1.86. The Kier molecular flexibility index (Phi) is 6.38. The molecule has 0 bridgehead atoms. The lowest BCUT2D eigenvalue weighted by Gasteiger charge is -2.16. The minimum absolute atomic E-state index is 0.0394. The Morgan fingerprint density at radius 3 is 2.53 bits per heavy atom. The largest absolute Gasteiger partial charge is 0.352 e. The first-order valence-corrected chi connectivity index (χ1v) is 10.6. The number of aryl methyl sites for hydroxylation is 2. The Balaban J connectivity index is 1.29. The maximum atomic E-state index is 12.6. The van der Waals surface area contributed by atoms with Gasteiger partial charge in [0.1, 0.15) is 0 Å². The highest BCUT2D eigenvalue weighted by molar-refractivity contribution is 5.98. The van der Waals surface area contributed by atoms with Gasteiger partial charge in [-0.05, 0) is 60.1 Å². The van der Waals surface area contributed by atoms with E-state index in [0.29, 0.717) is 13.1 Å². The van der Waals surface area contributed by atoms with E-state index in [2.05, 4.69) is 16.5 Å². The number of hydrogen-bond donors (Lipinski definition) is 1. The molecule has 30 heavy (non-hydrogen) atoms. The molecule has 5 heteroatoms. The summed E-state index contributed by atoms with van der Waals surface area (Å²) in [5.74, 6) is -0.0622. The summed E-state index contributed by atoms with van der Waals surface area (Å²) in [4.78, 5) is 24.9. The van der Waals surface area contributed by atoms with Gasteiger partial charge in [0.05, 0.1) is 6.54 Å². The molecule has 0 saturated carbocycles. The van der Waals surface area contributed by atoms with Gasteiger partial charge in [0, 0.05) is 37.3 Å². The zero-order chi connectivity index (χ0) is 20.8. The van der Waals surface area contributed by atoms with Crippen LogP contribution in [0.25, 0.3) is 0 Å². The van der Waals surface area contributed by atoms with Gasteiger partial charge in [-0.1, -0.05) is 36.4 Å². The minimum Gasteiger partial charge on any atom is -0.352 e. The Bertz CT molecular complexity index is 1020. The summed E-state index contributed by atoms with van der Waals surface area (Å²) in [5.41, 5.74) is 5.57. The van der Waals surface area contributed by atoms with E-state index in [1.54, 1.807) is 6.20 Å². The molecule has 1 heterocycles. The van der Waals surface area contributed by atoms with Crippen molar-refractivity contribution in [2.24, 2.45) is 0 Å². The smallest absolute Gasteiger partial charge is 0.220 e. The molecule has 0 aliphatic heterocycles. The summed E-state index contributed by atoms with van der Waals surface area (Å²) in [5, 5.41) is 7.20. The molecular weight excluding hydrogens is 374 g/mol. The fourth-order valence-corrected chi connectivity index (χ4v) is 4.01. The van der Waals surface area contributed by atoms with Gasteiger partial charge in [-0.3, -0.25) is 14.3 Å².